The Labute approximate surface area is 149 Å². The van der Waals surface area contributed by atoms with Crippen LogP contribution in [0.15, 0.2) is 46.0 Å². The summed E-state index contributed by atoms with van der Waals surface area (Å²) < 4.78 is 2.32. The molecule has 7 heteroatoms. The van der Waals surface area contributed by atoms with Gasteiger partial charge in [0.05, 0.1) is 5.39 Å². The van der Waals surface area contributed by atoms with Crippen molar-refractivity contribution in [3.8, 4) is 0 Å². The normalized spacial score (nSPS) is 13.7. The minimum Gasteiger partial charge on any atom is -0.307 e. The molecule has 2 aromatic heterocycles. The summed E-state index contributed by atoms with van der Waals surface area (Å²) in [5, 5.41) is 0.310. The van der Waals surface area contributed by atoms with Gasteiger partial charge in [0, 0.05) is 26.3 Å². The van der Waals surface area contributed by atoms with Gasteiger partial charge in [-0.1, -0.05) is 18.2 Å². The summed E-state index contributed by atoms with van der Waals surface area (Å²) in [6.07, 6.45) is 1.82. The first-order valence-electron chi connectivity index (χ1n) is 8.45. The van der Waals surface area contributed by atoms with Crippen molar-refractivity contribution in [3.63, 3.8) is 0 Å². The van der Waals surface area contributed by atoms with E-state index < -0.39 is 11.2 Å². The number of hydrogen-bond donors (Lipinski definition) is 0. The molecule has 0 saturated carbocycles. The lowest BCUT2D eigenvalue weighted by Crippen LogP contribution is -2.38. The molecule has 0 N–H and O–H groups in total. The average molecular weight is 350 g/mol. The standard InChI is InChI=1S/C19H18N4O3/c1-21-16-13(17(24)22(2)19(21)26)9-10-14(20-16)18(25)23-11-5-7-12-6-3-4-8-15(12)23/h3-4,6,8-10H,5,7,11H2,1-2H3. The Morgan fingerprint density at radius 2 is 1.81 bits per heavy atom. The third-order valence-electron chi connectivity index (χ3n) is 4.88. The van der Waals surface area contributed by atoms with E-state index in [0.717, 1.165) is 28.7 Å². The first-order valence-corrected chi connectivity index (χ1v) is 8.45. The van der Waals surface area contributed by atoms with Crippen LogP contribution in [0.4, 0.5) is 5.69 Å². The van der Waals surface area contributed by atoms with E-state index in [1.165, 1.54) is 11.6 Å². The number of rotatable bonds is 1. The number of aromatic nitrogens is 3. The second-order valence-electron chi connectivity index (χ2n) is 6.46. The van der Waals surface area contributed by atoms with Crippen LogP contribution in [0.5, 0.6) is 0 Å². The van der Waals surface area contributed by atoms with Crippen LogP contribution in [0.2, 0.25) is 0 Å². The number of hydrogen-bond acceptors (Lipinski definition) is 4. The van der Waals surface area contributed by atoms with Crippen molar-refractivity contribution in [1.82, 2.24) is 14.1 Å². The highest BCUT2D eigenvalue weighted by Gasteiger charge is 2.24. The number of amides is 1. The van der Waals surface area contributed by atoms with E-state index in [1.54, 1.807) is 24.1 Å². The van der Waals surface area contributed by atoms with Crippen molar-refractivity contribution < 1.29 is 4.79 Å². The van der Waals surface area contributed by atoms with Gasteiger partial charge >= 0.3 is 5.69 Å². The first kappa shape index (κ1) is 16.3. The number of aryl methyl sites for hydroxylation is 2. The van der Waals surface area contributed by atoms with E-state index in [9.17, 15) is 14.4 Å². The largest absolute Gasteiger partial charge is 0.332 e. The van der Waals surface area contributed by atoms with Crippen molar-refractivity contribution >= 4 is 22.6 Å². The van der Waals surface area contributed by atoms with Gasteiger partial charge in [-0.05, 0) is 36.6 Å². The minimum absolute atomic E-state index is 0.217. The molecule has 1 aliphatic heterocycles. The summed E-state index contributed by atoms with van der Waals surface area (Å²) in [5.41, 5.74) is 1.57. The molecule has 0 saturated heterocycles. The van der Waals surface area contributed by atoms with Crippen LogP contribution in [0.25, 0.3) is 11.0 Å². The third kappa shape index (κ3) is 2.35. The van der Waals surface area contributed by atoms with Crippen LogP contribution < -0.4 is 16.1 Å². The molecular formula is C19H18N4O3. The maximum absolute atomic E-state index is 13.0. The molecule has 1 aromatic carbocycles. The van der Waals surface area contributed by atoms with Crippen LogP contribution in [0.3, 0.4) is 0 Å². The Morgan fingerprint density at radius 3 is 2.62 bits per heavy atom. The Kier molecular flexibility index (Phi) is 3.72. The van der Waals surface area contributed by atoms with Gasteiger partial charge in [-0.3, -0.25) is 18.7 Å². The van der Waals surface area contributed by atoms with Crippen LogP contribution >= 0.6 is 0 Å². The maximum atomic E-state index is 13.0. The van der Waals surface area contributed by atoms with E-state index in [2.05, 4.69) is 4.98 Å². The van der Waals surface area contributed by atoms with E-state index >= 15 is 0 Å². The van der Waals surface area contributed by atoms with Crippen LogP contribution in [-0.2, 0) is 20.5 Å². The van der Waals surface area contributed by atoms with Crippen LogP contribution in [0.1, 0.15) is 22.5 Å². The van der Waals surface area contributed by atoms with Crippen LogP contribution in [0, 0.1) is 0 Å². The zero-order valence-electron chi connectivity index (χ0n) is 14.6. The lowest BCUT2D eigenvalue weighted by Gasteiger charge is -2.29. The fourth-order valence-electron chi connectivity index (χ4n) is 3.46. The number of nitrogens with zero attached hydrogens (tertiary/aromatic N) is 4. The molecule has 1 amide bonds. The molecule has 4 rings (SSSR count). The van der Waals surface area contributed by atoms with Gasteiger partial charge in [0.2, 0.25) is 0 Å². The van der Waals surface area contributed by atoms with Gasteiger partial charge < -0.3 is 4.90 Å². The molecule has 0 radical (unpaired) electrons. The summed E-state index contributed by atoms with van der Waals surface area (Å²) in [6, 6.07) is 10.9. The molecule has 1 aliphatic rings. The molecule has 0 spiro atoms. The maximum Gasteiger partial charge on any atom is 0.332 e. The molecule has 7 nitrogen and oxygen atoms in total. The monoisotopic (exact) mass is 350 g/mol. The highest BCUT2D eigenvalue weighted by Crippen LogP contribution is 2.27. The van der Waals surface area contributed by atoms with Crippen molar-refractivity contribution in [3.05, 3.63) is 68.5 Å². The highest BCUT2D eigenvalue weighted by molar-refractivity contribution is 6.06. The SMILES string of the molecule is Cn1c(=O)c2ccc(C(=O)N3CCCc4ccccc43)nc2n(C)c1=O. The number of anilines is 1. The van der Waals surface area contributed by atoms with Crippen molar-refractivity contribution in [2.24, 2.45) is 14.1 Å². The van der Waals surface area contributed by atoms with E-state index in [-0.39, 0.29) is 17.2 Å². The fourth-order valence-corrected chi connectivity index (χ4v) is 3.46. The third-order valence-corrected chi connectivity index (χ3v) is 4.88. The number of benzene rings is 1. The average Bonchev–Trinajstić information content (AvgIpc) is 2.69. The minimum atomic E-state index is -0.470. The van der Waals surface area contributed by atoms with Gasteiger partial charge in [-0.2, -0.15) is 0 Å². The van der Waals surface area contributed by atoms with E-state index in [1.807, 2.05) is 24.3 Å². The summed E-state index contributed by atoms with van der Waals surface area (Å²) in [4.78, 5) is 43.5. The Hall–Kier alpha value is -3.22. The Balaban J connectivity index is 1.85. The quantitative estimate of drug-likeness (QED) is 0.661. The molecule has 0 unspecified atom stereocenters. The van der Waals surface area contributed by atoms with Gasteiger partial charge in [-0.15, -0.1) is 0 Å². The predicted molar refractivity (Wildman–Crippen MR) is 98.7 cm³/mol. The smallest absolute Gasteiger partial charge is 0.307 e. The van der Waals surface area contributed by atoms with Gasteiger partial charge in [0.15, 0.2) is 0 Å². The summed E-state index contributed by atoms with van der Waals surface area (Å²) in [6.45, 7) is 0.616. The topological polar surface area (TPSA) is 77.2 Å². The number of pyridine rings is 1. The van der Waals surface area contributed by atoms with Gasteiger partial charge in [-0.25, -0.2) is 9.78 Å². The van der Waals surface area contributed by atoms with Crippen LogP contribution in [-0.4, -0.2) is 26.6 Å². The molecule has 0 fully saturated rings. The lowest BCUT2D eigenvalue weighted by atomic mass is 10.0. The molecule has 0 aliphatic carbocycles. The molecule has 3 aromatic rings. The van der Waals surface area contributed by atoms with Crippen molar-refractivity contribution in [2.75, 3.05) is 11.4 Å². The second-order valence-corrected chi connectivity index (χ2v) is 6.46. The number of carbonyl (C=O) groups is 1. The van der Waals surface area contributed by atoms with Gasteiger partial charge in [0.25, 0.3) is 11.5 Å². The summed E-state index contributed by atoms with van der Waals surface area (Å²) in [5.74, 6) is -0.229. The second kappa shape index (κ2) is 5.94. The zero-order valence-corrected chi connectivity index (χ0v) is 14.6. The number of carbonyl (C=O) groups excluding carboxylic acids is 1. The zero-order chi connectivity index (χ0) is 18.4. The van der Waals surface area contributed by atoms with Crippen molar-refractivity contribution in [1.29, 1.82) is 0 Å². The first-order chi connectivity index (χ1) is 12.5. The number of para-hydroxylation sites is 1. The predicted octanol–water partition coefficient (Wildman–Crippen LogP) is 1.23. The Bertz CT molecular complexity index is 1160. The molecule has 0 atom stereocenters. The van der Waals surface area contributed by atoms with Crippen molar-refractivity contribution in [2.45, 2.75) is 12.8 Å². The van der Waals surface area contributed by atoms with E-state index in [4.69, 9.17) is 0 Å². The molecular weight excluding hydrogens is 332 g/mol. The molecule has 26 heavy (non-hydrogen) atoms. The summed E-state index contributed by atoms with van der Waals surface area (Å²) in [7, 11) is 2.97. The van der Waals surface area contributed by atoms with E-state index in [0.29, 0.717) is 11.9 Å². The fraction of sp³-hybridized carbons (Fsp3) is 0.263. The summed E-state index contributed by atoms with van der Waals surface area (Å²) >= 11 is 0. The molecule has 0 bridgehead atoms. The molecule has 3 heterocycles. The lowest BCUT2D eigenvalue weighted by molar-refractivity contribution is 0.0980. The highest BCUT2D eigenvalue weighted by atomic mass is 16.2. The number of fused-ring (bicyclic) bond motifs is 2. The molecule has 132 valence electrons. The van der Waals surface area contributed by atoms with Gasteiger partial charge in [0.1, 0.15) is 11.3 Å². The Morgan fingerprint density at radius 1 is 1.04 bits per heavy atom.